The molecule has 0 bridgehead atoms. The molecule has 3 N–H and O–H groups in total. The summed E-state index contributed by atoms with van der Waals surface area (Å²) in [5.41, 5.74) is 1.65. The summed E-state index contributed by atoms with van der Waals surface area (Å²) in [5.74, 6) is -1.05. The summed E-state index contributed by atoms with van der Waals surface area (Å²) >= 11 is 0. The van der Waals surface area contributed by atoms with Crippen LogP contribution >= 0.6 is 0 Å². The van der Waals surface area contributed by atoms with E-state index in [9.17, 15) is 23.6 Å². The van der Waals surface area contributed by atoms with Gasteiger partial charge >= 0.3 is 0 Å². The minimum absolute atomic E-state index is 0.00295. The van der Waals surface area contributed by atoms with Crippen LogP contribution < -0.4 is 21.5 Å². The van der Waals surface area contributed by atoms with E-state index in [4.69, 9.17) is 0 Å². The van der Waals surface area contributed by atoms with Crippen LogP contribution in [0.1, 0.15) is 36.2 Å². The summed E-state index contributed by atoms with van der Waals surface area (Å²) in [5, 5.41) is 12.5. The molecule has 1 heterocycles. The largest absolute Gasteiger partial charge is 0.352 e. The predicted octanol–water partition coefficient (Wildman–Crippen LogP) is 2.51. The van der Waals surface area contributed by atoms with Crippen LogP contribution in [0, 0.1) is 11.7 Å². The Morgan fingerprint density at radius 3 is 2.31 bits per heavy atom. The monoisotopic (exact) mass is 491 g/mol. The number of nitrogens with zero attached hydrogens (tertiary/aromatic N) is 2. The Balaban J connectivity index is 1.26. The first kappa shape index (κ1) is 24.8. The Morgan fingerprint density at radius 2 is 1.64 bits per heavy atom. The molecule has 1 saturated carbocycles. The van der Waals surface area contributed by atoms with Crippen LogP contribution in [0.3, 0.4) is 0 Å². The van der Waals surface area contributed by atoms with Crippen molar-refractivity contribution in [1.29, 1.82) is 0 Å². The van der Waals surface area contributed by atoms with E-state index in [-0.39, 0.29) is 36.6 Å². The van der Waals surface area contributed by atoms with E-state index in [1.807, 2.05) is 0 Å². The lowest BCUT2D eigenvalue weighted by molar-refractivity contribution is -0.124. The number of anilines is 1. The van der Waals surface area contributed by atoms with Gasteiger partial charge in [0.25, 0.3) is 11.5 Å². The molecule has 0 radical (unpaired) electrons. The van der Waals surface area contributed by atoms with Crippen molar-refractivity contribution in [2.24, 2.45) is 5.92 Å². The average Bonchev–Trinajstić information content (AvgIpc) is 3.73. The van der Waals surface area contributed by atoms with Crippen LogP contribution in [-0.2, 0) is 9.59 Å². The fourth-order valence-electron chi connectivity index (χ4n) is 3.49. The zero-order valence-corrected chi connectivity index (χ0v) is 19.7. The molecule has 1 fully saturated rings. The van der Waals surface area contributed by atoms with Crippen molar-refractivity contribution < 1.29 is 18.8 Å². The van der Waals surface area contributed by atoms with E-state index in [0.717, 1.165) is 17.5 Å². The third-order valence-corrected chi connectivity index (χ3v) is 5.78. The molecule has 10 heteroatoms. The molecule has 1 aliphatic rings. The molecule has 4 rings (SSSR count). The lowest BCUT2D eigenvalue weighted by Crippen LogP contribution is -2.40. The predicted molar refractivity (Wildman–Crippen MR) is 132 cm³/mol. The summed E-state index contributed by atoms with van der Waals surface area (Å²) in [6.07, 6.45) is 1.83. The summed E-state index contributed by atoms with van der Waals surface area (Å²) in [4.78, 5) is 49.0. The Hall–Kier alpha value is -4.34. The van der Waals surface area contributed by atoms with Gasteiger partial charge in [-0.3, -0.25) is 19.2 Å². The van der Waals surface area contributed by atoms with E-state index < -0.39 is 17.5 Å². The second-order valence-electron chi connectivity index (χ2n) is 8.57. The molecule has 186 valence electrons. The highest BCUT2D eigenvalue weighted by Gasteiger charge is 2.29. The maximum absolute atomic E-state index is 13.2. The van der Waals surface area contributed by atoms with Crippen molar-refractivity contribution in [2.45, 2.75) is 25.8 Å². The smallest absolute Gasteiger partial charge is 0.267 e. The van der Waals surface area contributed by atoms with Crippen molar-refractivity contribution in [3.05, 3.63) is 82.4 Å². The maximum atomic E-state index is 13.2. The topological polar surface area (TPSA) is 122 Å². The number of hydrogen-bond acceptors (Lipinski definition) is 5. The van der Waals surface area contributed by atoms with Gasteiger partial charge in [-0.05, 0) is 74.4 Å². The van der Waals surface area contributed by atoms with Crippen LogP contribution in [0.5, 0.6) is 0 Å². The van der Waals surface area contributed by atoms with Gasteiger partial charge in [-0.2, -0.15) is 5.10 Å². The third-order valence-electron chi connectivity index (χ3n) is 5.78. The number of benzene rings is 2. The summed E-state index contributed by atoms with van der Waals surface area (Å²) < 4.78 is 14.3. The van der Waals surface area contributed by atoms with Crippen molar-refractivity contribution in [3.63, 3.8) is 0 Å². The zero-order chi connectivity index (χ0) is 25.7. The summed E-state index contributed by atoms with van der Waals surface area (Å²) in [6.45, 7) is 1.87. The number of halogens is 1. The molecule has 3 aromatic rings. The van der Waals surface area contributed by atoms with E-state index in [1.165, 1.54) is 36.4 Å². The number of rotatable bonds is 9. The molecule has 2 aromatic carbocycles. The van der Waals surface area contributed by atoms with Gasteiger partial charge in [0, 0.05) is 41.9 Å². The van der Waals surface area contributed by atoms with Crippen LogP contribution in [0.4, 0.5) is 10.1 Å². The Kier molecular flexibility index (Phi) is 7.53. The molecule has 1 aromatic heterocycles. The van der Waals surface area contributed by atoms with Crippen LogP contribution in [0.15, 0.2) is 65.5 Å². The normalized spacial score (nSPS) is 13.5. The van der Waals surface area contributed by atoms with Gasteiger partial charge in [-0.15, -0.1) is 0 Å². The lowest BCUT2D eigenvalue weighted by atomic mass is 10.1. The average molecular weight is 492 g/mol. The van der Waals surface area contributed by atoms with Crippen LogP contribution in [0.25, 0.3) is 11.3 Å². The summed E-state index contributed by atoms with van der Waals surface area (Å²) in [7, 11) is 0. The number of amides is 3. The molecular formula is C26H26FN5O4. The first-order valence-electron chi connectivity index (χ1n) is 11.6. The van der Waals surface area contributed by atoms with Gasteiger partial charge in [-0.1, -0.05) is 0 Å². The zero-order valence-electron chi connectivity index (χ0n) is 19.7. The van der Waals surface area contributed by atoms with Crippen LogP contribution in [0.2, 0.25) is 0 Å². The fraction of sp³-hybridized carbons (Fsp3) is 0.269. The quantitative estimate of drug-likeness (QED) is 0.397. The van der Waals surface area contributed by atoms with Gasteiger partial charge in [0.15, 0.2) is 0 Å². The minimum atomic E-state index is -0.896. The van der Waals surface area contributed by atoms with E-state index in [1.54, 1.807) is 31.2 Å². The van der Waals surface area contributed by atoms with Crippen LogP contribution in [-0.4, -0.2) is 40.6 Å². The van der Waals surface area contributed by atoms with Gasteiger partial charge in [-0.25, -0.2) is 9.07 Å². The number of hydrogen-bond donors (Lipinski definition) is 3. The van der Waals surface area contributed by atoms with E-state index >= 15 is 0 Å². The minimum Gasteiger partial charge on any atom is -0.352 e. The molecule has 1 atom stereocenters. The molecule has 0 aliphatic heterocycles. The molecular weight excluding hydrogens is 465 g/mol. The number of nitrogens with one attached hydrogen (secondary N) is 3. The highest BCUT2D eigenvalue weighted by atomic mass is 19.1. The number of carbonyl (C=O) groups is 3. The highest BCUT2D eigenvalue weighted by molar-refractivity contribution is 5.96. The standard InChI is InChI=1S/C26H26FN5O4/c1-16(32-23(33)13-12-22(31-32)17-4-8-20(27)9-5-17)24(34)28-14-15-29-25(35)18-6-10-21(11-7-18)30-26(36)19-2-3-19/h4-13,16,19H,2-3,14-15H2,1H3,(H,28,34)(H,29,35)(H,30,36). The number of carbonyl (C=O) groups excluding carboxylic acids is 3. The molecule has 1 unspecified atom stereocenters. The van der Waals surface area contributed by atoms with E-state index in [2.05, 4.69) is 21.0 Å². The van der Waals surface area contributed by atoms with E-state index in [0.29, 0.717) is 22.5 Å². The SMILES string of the molecule is CC(C(=O)NCCNC(=O)c1ccc(NC(=O)C2CC2)cc1)n1nc(-c2ccc(F)cc2)ccc1=O. The van der Waals surface area contributed by atoms with Crippen molar-refractivity contribution in [1.82, 2.24) is 20.4 Å². The maximum Gasteiger partial charge on any atom is 0.267 e. The second-order valence-corrected chi connectivity index (χ2v) is 8.57. The third kappa shape index (κ3) is 6.21. The van der Waals surface area contributed by atoms with Gasteiger partial charge in [0.1, 0.15) is 11.9 Å². The van der Waals surface area contributed by atoms with Gasteiger partial charge in [0.05, 0.1) is 5.69 Å². The highest BCUT2D eigenvalue weighted by Crippen LogP contribution is 2.30. The molecule has 1 aliphatic carbocycles. The first-order valence-corrected chi connectivity index (χ1v) is 11.6. The molecule has 36 heavy (non-hydrogen) atoms. The Labute approximate surface area is 206 Å². The van der Waals surface area contributed by atoms with Crippen molar-refractivity contribution >= 4 is 23.4 Å². The van der Waals surface area contributed by atoms with Gasteiger partial charge < -0.3 is 16.0 Å². The lowest BCUT2D eigenvalue weighted by Gasteiger charge is -2.15. The Morgan fingerprint density at radius 1 is 0.972 bits per heavy atom. The molecule has 0 spiro atoms. The fourth-order valence-corrected chi connectivity index (χ4v) is 3.49. The van der Waals surface area contributed by atoms with Crippen molar-refractivity contribution in [3.8, 4) is 11.3 Å². The summed E-state index contributed by atoms with van der Waals surface area (Å²) in [6, 6.07) is 14.2. The van der Waals surface area contributed by atoms with Crippen molar-refractivity contribution in [2.75, 3.05) is 18.4 Å². The molecule has 0 saturated heterocycles. The molecule has 3 amide bonds. The number of aromatic nitrogens is 2. The molecule has 9 nitrogen and oxygen atoms in total. The second kappa shape index (κ2) is 10.9. The first-order chi connectivity index (χ1) is 17.3. The van der Waals surface area contributed by atoms with Gasteiger partial charge in [0.2, 0.25) is 11.8 Å². The Bertz CT molecular complexity index is 1320.